The fourth-order valence-corrected chi connectivity index (χ4v) is 3.52. The lowest BCUT2D eigenvalue weighted by molar-refractivity contribution is 0.0651. The summed E-state index contributed by atoms with van der Waals surface area (Å²) < 4.78 is 0. The van der Waals surface area contributed by atoms with Gasteiger partial charge in [-0.2, -0.15) is 0 Å². The number of benzene rings is 3. The van der Waals surface area contributed by atoms with Gasteiger partial charge in [-0.15, -0.1) is 13.2 Å². The SMILES string of the molecule is C=CCN(c1ccccc1)c1cc(C(=O)O)c(C(=O)O)cc1N(CC=C)c1ccccc1. The zero-order chi connectivity index (χ0) is 23.1. The van der Waals surface area contributed by atoms with E-state index in [4.69, 9.17) is 0 Å². The predicted octanol–water partition coefficient (Wildman–Crippen LogP) is 5.73. The molecule has 0 fully saturated rings. The van der Waals surface area contributed by atoms with Crippen molar-refractivity contribution in [2.45, 2.75) is 0 Å². The number of hydrogen-bond donors (Lipinski definition) is 2. The fourth-order valence-electron chi connectivity index (χ4n) is 3.52. The topological polar surface area (TPSA) is 81.1 Å². The number of aromatic carboxylic acids is 2. The first-order valence-electron chi connectivity index (χ1n) is 9.99. The molecule has 3 aromatic rings. The Kier molecular flexibility index (Phi) is 7.08. The van der Waals surface area contributed by atoms with Crippen molar-refractivity contribution in [3.8, 4) is 0 Å². The molecule has 0 aliphatic rings. The summed E-state index contributed by atoms with van der Waals surface area (Å²) in [5.41, 5.74) is 2.16. The third kappa shape index (κ3) is 4.70. The number of para-hydroxylation sites is 2. The van der Waals surface area contributed by atoms with Crippen LogP contribution in [0.4, 0.5) is 22.7 Å². The van der Waals surface area contributed by atoms with E-state index in [-0.39, 0.29) is 11.1 Å². The first-order chi connectivity index (χ1) is 15.5. The minimum absolute atomic E-state index is 0.284. The van der Waals surface area contributed by atoms with E-state index in [0.717, 1.165) is 11.4 Å². The molecule has 32 heavy (non-hydrogen) atoms. The van der Waals surface area contributed by atoms with Crippen LogP contribution in [0.5, 0.6) is 0 Å². The highest BCUT2D eigenvalue weighted by molar-refractivity contribution is 6.05. The van der Waals surface area contributed by atoms with Crippen LogP contribution in [0.2, 0.25) is 0 Å². The Morgan fingerprint density at radius 1 is 0.688 bits per heavy atom. The van der Waals surface area contributed by atoms with Crippen molar-refractivity contribution in [2.24, 2.45) is 0 Å². The number of carbonyl (C=O) groups is 2. The third-order valence-electron chi connectivity index (χ3n) is 4.92. The molecule has 0 saturated heterocycles. The van der Waals surface area contributed by atoms with Crippen LogP contribution < -0.4 is 9.80 Å². The van der Waals surface area contributed by atoms with Crippen LogP contribution in [0.25, 0.3) is 0 Å². The Morgan fingerprint density at radius 2 is 1.03 bits per heavy atom. The molecule has 3 aromatic carbocycles. The van der Waals surface area contributed by atoms with Crippen molar-refractivity contribution >= 4 is 34.7 Å². The van der Waals surface area contributed by atoms with Gasteiger partial charge in [-0.1, -0.05) is 48.6 Å². The maximum Gasteiger partial charge on any atom is 0.336 e. The first-order valence-corrected chi connectivity index (χ1v) is 9.99. The molecule has 162 valence electrons. The van der Waals surface area contributed by atoms with Crippen molar-refractivity contribution in [1.29, 1.82) is 0 Å². The van der Waals surface area contributed by atoms with Crippen LogP contribution in [-0.2, 0) is 0 Å². The smallest absolute Gasteiger partial charge is 0.336 e. The average Bonchev–Trinajstić information content (AvgIpc) is 2.81. The van der Waals surface area contributed by atoms with Gasteiger partial charge in [0, 0.05) is 24.5 Å². The van der Waals surface area contributed by atoms with Gasteiger partial charge in [-0.05, 0) is 36.4 Å². The fraction of sp³-hybridized carbons (Fsp3) is 0.0769. The van der Waals surface area contributed by atoms with E-state index in [1.165, 1.54) is 12.1 Å². The summed E-state index contributed by atoms with van der Waals surface area (Å²) in [6.45, 7) is 8.46. The van der Waals surface area contributed by atoms with Crippen LogP contribution in [0.1, 0.15) is 20.7 Å². The lowest BCUT2D eigenvalue weighted by atomic mass is 10.0. The van der Waals surface area contributed by atoms with E-state index in [1.807, 2.05) is 70.5 Å². The molecule has 0 spiro atoms. The summed E-state index contributed by atoms with van der Waals surface area (Å²) >= 11 is 0. The number of rotatable bonds is 10. The number of carboxylic acids is 2. The van der Waals surface area contributed by atoms with Crippen molar-refractivity contribution in [3.05, 3.63) is 109 Å². The van der Waals surface area contributed by atoms with E-state index in [2.05, 4.69) is 13.2 Å². The zero-order valence-corrected chi connectivity index (χ0v) is 17.5. The lowest BCUT2D eigenvalue weighted by Gasteiger charge is -2.32. The molecule has 0 heterocycles. The van der Waals surface area contributed by atoms with Gasteiger partial charge in [0.2, 0.25) is 0 Å². The number of anilines is 4. The van der Waals surface area contributed by atoms with Gasteiger partial charge in [-0.25, -0.2) is 9.59 Å². The van der Waals surface area contributed by atoms with Crippen molar-refractivity contribution in [1.82, 2.24) is 0 Å². The minimum atomic E-state index is -1.31. The molecule has 0 amide bonds. The van der Waals surface area contributed by atoms with Crippen LogP contribution in [0, 0.1) is 0 Å². The van der Waals surface area contributed by atoms with Gasteiger partial charge >= 0.3 is 11.9 Å². The molecule has 0 saturated carbocycles. The molecule has 3 rings (SSSR count). The molecule has 6 heteroatoms. The zero-order valence-electron chi connectivity index (χ0n) is 17.5. The largest absolute Gasteiger partial charge is 0.478 e. The van der Waals surface area contributed by atoms with E-state index < -0.39 is 11.9 Å². The molecule has 2 N–H and O–H groups in total. The van der Waals surface area contributed by atoms with Crippen LogP contribution in [0.15, 0.2) is 98.1 Å². The van der Waals surface area contributed by atoms with E-state index >= 15 is 0 Å². The Hall–Kier alpha value is -4.32. The monoisotopic (exact) mass is 428 g/mol. The standard InChI is InChI=1S/C26H24N2O4/c1-3-15-27(19-11-7-5-8-12-19)23-17-21(25(29)30)22(26(31)32)18-24(23)28(16-4-2)20-13-9-6-10-14-20/h3-14,17-18H,1-2,15-16H2,(H,29,30)(H,31,32). The Morgan fingerprint density at radius 3 is 1.31 bits per heavy atom. The van der Waals surface area contributed by atoms with E-state index in [1.54, 1.807) is 12.2 Å². The molecule has 6 nitrogen and oxygen atoms in total. The second-order valence-electron chi connectivity index (χ2n) is 6.97. The molecule has 0 atom stereocenters. The van der Waals surface area contributed by atoms with Crippen molar-refractivity contribution < 1.29 is 19.8 Å². The van der Waals surface area contributed by atoms with Gasteiger partial charge in [0.05, 0.1) is 22.5 Å². The molecular weight excluding hydrogens is 404 g/mol. The maximum atomic E-state index is 11.9. The van der Waals surface area contributed by atoms with E-state index in [9.17, 15) is 19.8 Å². The van der Waals surface area contributed by atoms with Crippen LogP contribution >= 0.6 is 0 Å². The summed E-state index contributed by atoms with van der Waals surface area (Å²) in [7, 11) is 0. The second kappa shape index (κ2) is 10.1. The average molecular weight is 428 g/mol. The van der Waals surface area contributed by atoms with Crippen LogP contribution in [-0.4, -0.2) is 35.2 Å². The Balaban J connectivity index is 2.36. The summed E-state index contributed by atoms with van der Waals surface area (Å²) in [6.07, 6.45) is 3.42. The van der Waals surface area contributed by atoms with Gasteiger partial charge < -0.3 is 20.0 Å². The number of hydrogen-bond acceptors (Lipinski definition) is 4. The highest BCUT2D eigenvalue weighted by Crippen LogP contribution is 2.40. The summed E-state index contributed by atoms with van der Waals surface area (Å²) in [5, 5.41) is 19.5. The Bertz CT molecular complexity index is 1040. The number of nitrogens with zero attached hydrogens (tertiary/aromatic N) is 2. The van der Waals surface area contributed by atoms with Gasteiger partial charge in [-0.3, -0.25) is 0 Å². The maximum absolute atomic E-state index is 11.9. The summed E-state index contributed by atoms with van der Waals surface area (Å²) in [4.78, 5) is 27.7. The Labute approximate surface area is 187 Å². The normalized spacial score (nSPS) is 10.2. The molecule has 0 aliphatic heterocycles. The van der Waals surface area contributed by atoms with Crippen LogP contribution in [0.3, 0.4) is 0 Å². The van der Waals surface area contributed by atoms with Gasteiger partial charge in [0.25, 0.3) is 0 Å². The summed E-state index contributed by atoms with van der Waals surface area (Å²) in [5.74, 6) is -2.62. The number of carboxylic acid groups (broad SMARTS) is 2. The van der Waals surface area contributed by atoms with Gasteiger partial charge in [0.1, 0.15) is 0 Å². The molecular formula is C26H24N2O4. The van der Waals surface area contributed by atoms with E-state index in [0.29, 0.717) is 24.5 Å². The highest BCUT2D eigenvalue weighted by Gasteiger charge is 2.25. The van der Waals surface area contributed by atoms with Crippen molar-refractivity contribution in [3.63, 3.8) is 0 Å². The molecule has 0 aromatic heterocycles. The predicted molar refractivity (Wildman–Crippen MR) is 128 cm³/mol. The molecule has 0 aliphatic carbocycles. The van der Waals surface area contributed by atoms with Gasteiger partial charge in [0.15, 0.2) is 0 Å². The highest BCUT2D eigenvalue weighted by atomic mass is 16.4. The summed E-state index contributed by atoms with van der Waals surface area (Å²) in [6, 6.07) is 21.7. The quantitative estimate of drug-likeness (QED) is 0.401. The first kappa shape index (κ1) is 22.4. The van der Waals surface area contributed by atoms with Crippen molar-refractivity contribution in [2.75, 3.05) is 22.9 Å². The molecule has 0 unspecified atom stereocenters. The molecule has 0 radical (unpaired) electrons. The third-order valence-corrected chi connectivity index (χ3v) is 4.92. The second-order valence-corrected chi connectivity index (χ2v) is 6.97. The minimum Gasteiger partial charge on any atom is -0.478 e. The lowest BCUT2D eigenvalue weighted by Crippen LogP contribution is -2.25. The molecule has 0 bridgehead atoms.